The van der Waals surface area contributed by atoms with Gasteiger partial charge in [-0.2, -0.15) is 0 Å². The Morgan fingerprint density at radius 1 is 1.29 bits per heavy atom. The molecule has 2 N–H and O–H groups in total. The number of aliphatic hydroxyl groups is 1. The highest BCUT2D eigenvalue weighted by Gasteiger charge is 2.32. The van der Waals surface area contributed by atoms with Crippen molar-refractivity contribution in [2.24, 2.45) is 0 Å². The second kappa shape index (κ2) is 7.28. The van der Waals surface area contributed by atoms with Gasteiger partial charge in [0.2, 0.25) is 6.41 Å². The second-order valence-electron chi connectivity index (χ2n) is 7.50. The molecule has 1 fully saturated rings. The molecule has 28 heavy (non-hydrogen) atoms. The van der Waals surface area contributed by atoms with Crippen LogP contribution in [0.2, 0.25) is 0 Å². The lowest BCUT2D eigenvalue weighted by atomic mass is 9.89. The van der Waals surface area contributed by atoms with E-state index in [4.69, 9.17) is 0 Å². The molecule has 2 atom stereocenters. The molecule has 146 valence electrons. The summed E-state index contributed by atoms with van der Waals surface area (Å²) < 4.78 is 1.90. The molecule has 6 nitrogen and oxygen atoms in total. The number of hydrogen-bond donors (Lipinski definition) is 2. The van der Waals surface area contributed by atoms with E-state index in [1.807, 2.05) is 54.8 Å². The number of imidazole rings is 1. The van der Waals surface area contributed by atoms with Gasteiger partial charge in [-0.3, -0.25) is 4.79 Å². The summed E-state index contributed by atoms with van der Waals surface area (Å²) in [6.07, 6.45) is 4.09. The molecule has 0 radical (unpaired) electrons. The van der Waals surface area contributed by atoms with Crippen LogP contribution in [0, 0.1) is 13.8 Å². The second-order valence-corrected chi connectivity index (χ2v) is 7.50. The van der Waals surface area contributed by atoms with Gasteiger partial charge < -0.3 is 19.5 Å². The number of aromatic hydroxyl groups is 1. The number of hydrogen-bond acceptors (Lipinski definition) is 4. The predicted molar refractivity (Wildman–Crippen MR) is 106 cm³/mol. The van der Waals surface area contributed by atoms with Crippen molar-refractivity contribution in [3.05, 3.63) is 64.6 Å². The lowest BCUT2D eigenvalue weighted by Gasteiger charge is -2.39. The zero-order chi connectivity index (χ0) is 19.8. The van der Waals surface area contributed by atoms with Gasteiger partial charge >= 0.3 is 0 Å². The number of carbonyl (C=O) groups is 1. The monoisotopic (exact) mass is 379 g/mol. The molecule has 2 aromatic heterocycles. The molecule has 1 unspecified atom stereocenters. The first-order valence-corrected chi connectivity index (χ1v) is 9.65. The minimum atomic E-state index is -0.614. The molecule has 1 aliphatic rings. The molecule has 3 heterocycles. The predicted octanol–water partition coefficient (Wildman–Crippen LogP) is 3.23. The van der Waals surface area contributed by atoms with Crippen molar-refractivity contribution in [1.29, 1.82) is 0 Å². The minimum Gasteiger partial charge on any atom is -0.504 e. The van der Waals surface area contributed by atoms with E-state index in [0.717, 1.165) is 47.5 Å². The topological polar surface area (TPSA) is 78.1 Å². The summed E-state index contributed by atoms with van der Waals surface area (Å²) in [5, 5.41) is 21.6. The summed E-state index contributed by atoms with van der Waals surface area (Å²) in [6, 6.07) is 9.48. The van der Waals surface area contributed by atoms with Crippen LogP contribution in [-0.2, 0) is 11.2 Å². The smallest absolute Gasteiger partial charge is 0.210 e. The van der Waals surface area contributed by atoms with Gasteiger partial charge in [-0.15, -0.1) is 0 Å². The Morgan fingerprint density at radius 3 is 2.68 bits per heavy atom. The molecular weight excluding hydrogens is 354 g/mol. The largest absolute Gasteiger partial charge is 0.504 e. The first kappa shape index (κ1) is 18.5. The third-order valence-electron chi connectivity index (χ3n) is 5.91. The maximum Gasteiger partial charge on any atom is 0.210 e. The van der Waals surface area contributed by atoms with Gasteiger partial charge in [0, 0.05) is 24.0 Å². The number of fused-ring (bicyclic) bond motifs is 1. The summed E-state index contributed by atoms with van der Waals surface area (Å²) in [6.45, 7) is 4.61. The summed E-state index contributed by atoms with van der Waals surface area (Å²) in [7, 11) is 0. The lowest BCUT2D eigenvalue weighted by Crippen LogP contribution is -2.40. The van der Waals surface area contributed by atoms with Crippen molar-refractivity contribution in [2.75, 3.05) is 6.54 Å². The molecule has 0 aliphatic carbocycles. The van der Waals surface area contributed by atoms with Gasteiger partial charge in [0.15, 0.2) is 11.4 Å². The van der Waals surface area contributed by atoms with Crippen molar-refractivity contribution in [1.82, 2.24) is 14.3 Å². The summed E-state index contributed by atoms with van der Waals surface area (Å²) in [5.41, 5.74) is 4.92. The Morgan fingerprint density at radius 2 is 2.04 bits per heavy atom. The van der Waals surface area contributed by atoms with E-state index < -0.39 is 6.10 Å². The lowest BCUT2D eigenvalue weighted by molar-refractivity contribution is -0.125. The average molecular weight is 379 g/mol. The van der Waals surface area contributed by atoms with Crippen molar-refractivity contribution in [3.63, 3.8) is 0 Å². The maximum atomic E-state index is 11.4. The Bertz CT molecular complexity index is 1010. The highest BCUT2D eigenvalue weighted by atomic mass is 16.3. The summed E-state index contributed by atoms with van der Waals surface area (Å²) in [4.78, 5) is 17.6. The van der Waals surface area contributed by atoms with E-state index in [1.165, 1.54) is 0 Å². The molecule has 4 rings (SSSR count). The summed E-state index contributed by atoms with van der Waals surface area (Å²) in [5.74, 6) is 0.145. The highest BCUT2D eigenvalue weighted by Crippen LogP contribution is 2.40. The molecule has 1 aliphatic heterocycles. The standard InChI is InChI=1S/C22H25N3O3/c1-14-15(2)25-12-18(19-10-11-24(19)13-26)17(21(28)22(25)23-14)8-9-20(27)16-6-4-3-5-7-16/h3-7,12-13,19-20,27-28H,8-11H2,1-2H3/t19?,20-/m0/s1. The number of rotatable bonds is 6. The number of carbonyl (C=O) groups excluding carboxylic acids is 1. The van der Waals surface area contributed by atoms with Gasteiger partial charge in [0.1, 0.15) is 0 Å². The Labute approximate surface area is 164 Å². The van der Waals surface area contributed by atoms with Gasteiger partial charge in [-0.1, -0.05) is 30.3 Å². The zero-order valence-corrected chi connectivity index (χ0v) is 16.2. The van der Waals surface area contributed by atoms with E-state index in [-0.39, 0.29) is 11.8 Å². The van der Waals surface area contributed by atoms with Crippen LogP contribution in [0.25, 0.3) is 5.65 Å². The van der Waals surface area contributed by atoms with Gasteiger partial charge in [0.25, 0.3) is 0 Å². The van der Waals surface area contributed by atoms with Crippen LogP contribution in [0.5, 0.6) is 5.75 Å². The van der Waals surface area contributed by atoms with E-state index in [2.05, 4.69) is 4.98 Å². The number of aromatic nitrogens is 2. The number of nitrogens with zero attached hydrogens (tertiary/aromatic N) is 3. The van der Waals surface area contributed by atoms with Crippen LogP contribution in [0.15, 0.2) is 36.5 Å². The third kappa shape index (κ3) is 3.03. The van der Waals surface area contributed by atoms with Crippen molar-refractivity contribution < 1.29 is 15.0 Å². The number of aryl methyl sites for hydroxylation is 2. The Balaban J connectivity index is 1.72. The highest BCUT2D eigenvalue weighted by molar-refractivity contribution is 5.63. The van der Waals surface area contributed by atoms with Crippen molar-refractivity contribution in [3.8, 4) is 5.75 Å². The molecule has 1 saturated heterocycles. The molecule has 1 aromatic carbocycles. The number of aliphatic hydroxyl groups excluding tert-OH is 1. The molecular formula is C22H25N3O3. The first-order valence-electron chi connectivity index (χ1n) is 9.65. The maximum absolute atomic E-state index is 11.4. The van der Waals surface area contributed by atoms with Crippen molar-refractivity contribution >= 4 is 12.1 Å². The molecule has 0 saturated carbocycles. The Hall–Kier alpha value is -2.86. The zero-order valence-electron chi connectivity index (χ0n) is 16.2. The van der Waals surface area contributed by atoms with Gasteiger partial charge in [-0.25, -0.2) is 4.98 Å². The van der Waals surface area contributed by atoms with Gasteiger partial charge in [0.05, 0.1) is 17.8 Å². The van der Waals surface area contributed by atoms with Gasteiger partial charge in [-0.05, 0) is 44.2 Å². The molecule has 0 bridgehead atoms. The van der Waals surface area contributed by atoms with Crippen molar-refractivity contribution in [2.45, 2.75) is 45.3 Å². The fraction of sp³-hybridized carbons (Fsp3) is 0.364. The molecule has 1 amide bonds. The molecule has 3 aromatic rings. The Kier molecular flexibility index (Phi) is 4.81. The van der Waals surface area contributed by atoms with Crippen LogP contribution in [-0.4, -0.2) is 37.5 Å². The number of benzene rings is 1. The van der Waals surface area contributed by atoms with E-state index in [0.29, 0.717) is 18.5 Å². The van der Waals surface area contributed by atoms with Crippen LogP contribution in [0.4, 0.5) is 0 Å². The average Bonchev–Trinajstić information content (AvgIpc) is 2.96. The van der Waals surface area contributed by atoms with Crippen LogP contribution >= 0.6 is 0 Å². The third-order valence-corrected chi connectivity index (χ3v) is 5.91. The van der Waals surface area contributed by atoms with Crippen LogP contribution in [0.3, 0.4) is 0 Å². The fourth-order valence-electron chi connectivity index (χ4n) is 3.98. The van der Waals surface area contributed by atoms with E-state index in [9.17, 15) is 15.0 Å². The number of pyridine rings is 1. The first-order chi connectivity index (χ1) is 13.5. The van der Waals surface area contributed by atoms with E-state index in [1.54, 1.807) is 4.90 Å². The normalized spacial score (nSPS) is 17.5. The molecule has 0 spiro atoms. The minimum absolute atomic E-state index is 0.0428. The SMILES string of the molecule is Cc1nc2c(O)c(CC[C@H](O)c3ccccc3)c(C3CCN3C=O)cn2c1C. The fourth-order valence-corrected chi connectivity index (χ4v) is 3.98. The van der Waals surface area contributed by atoms with Crippen LogP contribution in [0.1, 0.15) is 53.1 Å². The summed E-state index contributed by atoms with van der Waals surface area (Å²) >= 11 is 0. The van der Waals surface area contributed by atoms with E-state index >= 15 is 0 Å². The quantitative estimate of drug-likeness (QED) is 0.645. The molecule has 6 heteroatoms. The van der Waals surface area contributed by atoms with Crippen LogP contribution < -0.4 is 0 Å². The number of likely N-dealkylation sites (tertiary alicyclic amines) is 1. The number of amides is 1.